The Morgan fingerprint density at radius 3 is 2.14 bits per heavy atom. The van der Waals surface area contributed by atoms with Crippen LogP contribution in [0.4, 0.5) is 0 Å². The molecule has 22 heavy (non-hydrogen) atoms. The monoisotopic (exact) mass is 316 g/mol. The molecule has 5 N–H and O–H groups in total. The van der Waals surface area contributed by atoms with Crippen LogP contribution in [0.2, 0.25) is 0 Å². The highest BCUT2D eigenvalue weighted by atomic mass is 16.3. The Balaban J connectivity index is 3.95. The van der Waals surface area contributed by atoms with E-state index in [9.17, 15) is 19.2 Å². The van der Waals surface area contributed by atoms with E-state index < -0.39 is 30.4 Å². The fraction of sp³-hybridized carbons (Fsp3) is 0.692. The van der Waals surface area contributed by atoms with Gasteiger partial charge in [-0.25, -0.2) is 0 Å². The first-order valence-electron chi connectivity index (χ1n) is 7.09. The van der Waals surface area contributed by atoms with Gasteiger partial charge in [0.15, 0.2) is 0 Å². The van der Waals surface area contributed by atoms with Crippen LogP contribution in [0.1, 0.15) is 26.7 Å². The minimum atomic E-state index is -1.11. The van der Waals surface area contributed by atoms with Crippen LogP contribution in [-0.4, -0.2) is 61.0 Å². The van der Waals surface area contributed by atoms with Gasteiger partial charge in [0.05, 0.1) is 19.7 Å². The van der Waals surface area contributed by atoms with Crippen LogP contribution in [0.5, 0.6) is 0 Å². The second-order valence-corrected chi connectivity index (χ2v) is 4.63. The summed E-state index contributed by atoms with van der Waals surface area (Å²) in [6.07, 6.45) is 1.82. The lowest BCUT2D eigenvalue weighted by molar-refractivity contribution is -0.131. The van der Waals surface area contributed by atoms with Crippen molar-refractivity contribution in [1.29, 1.82) is 0 Å². The van der Waals surface area contributed by atoms with Gasteiger partial charge in [0.2, 0.25) is 23.6 Å². The zero-order valence-corrected chi connectivity index (χ0v) is 12.9. The zero-order valence-electron chi connectivity index (χ0n) is 12.9. The predicted molar refractivity (Wildman–Crippen MR) is 78.6 cm³/mol. The summed E-state index contributed by atoms with van der Waals surface area (Å²) in [6, 6.07) is -1.11. The zero-order chi connectivity index (χ0) is 17.0. The van der Waals surface area contributed by atoms with E-state index in [1.165, 1.54) is 6.92 Å². The lowest BCUT2D eigenvalue weighted by Gasteiger charge is -2.14. The lowest BCUT2D eigenvalue weighted by Crippen LogP contribution is -2.50. The smallest absolute Gasteiger partial charge is 0.245 e. The number of carbonyl (C=O) groups excluding carboxylic acids is 4. The van der Waals surface area contributed by atoms with Crippen molar-refractivity contribution >= 4 is 23.6 Å². The molecule has 0 saturated carbocycles. The van der Waals surface area contributed by atoms with Gasteiger partial charge in [0, 0.05) is 13.5 Å². The van der Waals surface area contributed by atoms with E-state index in [2.05, 4.69) is 21.3 Å². The van der Waals surface area contributed by atoms with Crippen LogP contribution in [0, 0.1) is 0 Å². The minimum Gasteiger partial charge on any atom is -0.394 e. The Morgan fingerprint density at radius 2 is 1.59 bits per heavy atom. The molecule has 9 nitrogen and oxygen atoms in total. The third kappa shape index (κ3) is 9.70. The van der Waals surface area contributed by atoms with Gasteiger partial charge < -0.3 is 26.4 Å². The van der Waals surface area contributed by atoms with Gasteiger partial charge in [-0.1, -0.05) is 13.3 Å². The van der Waals surface area contributed by atoms with Gasteiger partial charge in [-0.15, -0.1) is 0 Å². The standard InChI is InChI=1S/C13H24N4O5/c1-3-4-5-14-11(20)6-15-12(21)7-16-13(22)10(8-18)17-9(2)19/h10,18H,3-8H2,1-2H3,(H,14,20)(H,15,21)(H,16,22)(H,17,19). The minimum absolute atomic E-state index is 0.173. The fourth-order valence-electron chi connectivity index (χ4n) is 1.44. The van der Waals surface area contributed by atoms with Crippen molar-refractivity contribution in [2.75, 3.05) is 26.2 Å². The van der Waals surface area contributed by atoms with Crippen LogP contribution in [0.3, 0.4) is 0 Å². The Kier molecular flexibility index (Phi) is 10.4. The first kappa shape index (κ1) is 19.8. The molecule has 0 aliphatic heterocycles. The molecule has 0 aliphatic carbocycles. The maximum atomic E-state index is 11.6. The molecule has 0 fully saturated rings. The maximum absolute atomic E-state index is 11.6. The number of unbranched alkanes of at least 4 members (excludes halogenated alkanes) is 1. The highest BCUT2D eigenvalue weighted by Gasteiger charge is 2.18. The molecular weight excluding hydrogens is 292 g/mol. The number of aliphatic hydroxyl groups is 1. The Bertz CT molecular complexity index is 400. The summed E-state index contributed by atoms with van der Waals surface area (Å²) in [6.45, 7) is 2.66. The van der Waals surface area contributed by atoms with Gasteiger partial charge in [-0.2, -0.15) is 0 Å². The van der Waals surface area contributed by atoms with Crippen LogP contribution < -0.4 is 21.3 Å². The van der Waals surface area contributed by atoms with E-state index in [1.54, 1.807) is 0 Å². The number of carbonyl (C=O) groups is 4. The first-order chi connectivity index (χ1) is 10.4. The maximum Gasteiger partial charge on any atom is 0.245 e. The van der Waals surface area contributed by atoms with Crippen LogP contribution in [0.25, 0.3) is 0 Å². The van der Waals surface area contributed by atoms with E-state index >= 15 is 0 Å². The normalized spacial score (nSPS) is 11.2. The Hall–Kier alpha value is -2.16. The molecular formula is C13H24N4O5. The van der Waals surface area contributed by atoms with E-state index in [-0.39, 0.29) is 19.0 Å². The highest BCUT2D eigenvalue weighted by Crippen LogP contribution is 1.83. The van der Waals surface area contributed by atoms with Crippen molar-refractivity contribution in [2.24, 2.45) is 0 Å². The van der Waals surface area contributed by atoms with E-state index in [0.717, 1.165) is 12.8 Å². The van der Waals surface area contributed by atoms with Crippen molar-refractivity contribution in [3.63, 3.8) is 0 Å². The van der Waals surface area contributed by atoms with Gasteiger partial charge in [0.25, 0.3) is 0 Å². The molecule has 126 valence electrons. The summed E-state index contributed by atoms with van der Waals surface area (Å²) in [4.78, 5) is 45.2. The number of amides is 4. The number of rotatable bonds is 10. The number of hydrogen-bond acceptors (Lipinski definition) is 5. The SMILES string of the molecule is CCCCNC(=O)CNC(=O)CNC(=O)C(CO)NC(C)=O. The van der Waals surface area contributed by atoms with Crippen molar-refractivity contribution in [3.8, 4) is 0 Å². The van der Waals surface area contributed by atoms with Gasteiger partial charge in [0.1, 0.15) is 6.04 Å². The number of hydrogen-bond donors (Lipinski definition) is 5. The number of aliphatic hydroxyl groups excluding tert-OH is 1. The molecule has 0 radical (unpaired) electrons. The molecule has 0 bridgehead atoms. The van der Waals surface area contributed by atoms with Crippen LogP contribution in [0.15, 0.2) is 0 Å². The van der Waals surface area contributed by atoms with E-state index in [0.29, 0.717) is 6.54 Å². The summed E-state index contributed by atoms with van der Waals surface area (Å²) >= 11 is 0. The average molecular weight is 316 g/mol. The highest BCUT2D eigenvalue weighted by molar-refractivity contribution is 5.91. The molecule has 0 aromatic rings. The topological polar surface area (TPSA) is 137 Å². The van der Waals surface area contributed by atoms with Gasteiger partial charge >= 0.3 is 0 Å². The van der Waals surface area contributed by atoms with E-state index in [4.69, 9.17) is 5.11 Å². The Labute approximate surface area is 129 Å². The summed E-state index contributed by atoms with van der Waals surface area (Å²) < 4.78 is 0. The predicted octanol–water partition coefficient (Wildman–Crippen LogP) is -2.37. The van der Waals surface area contributed by atoms with Crippen molar-refractivity contribution < 1.29 is 24.3 Å². The molecule has 0 saturated heterocycles. The third-order valence-corrected chi connectivity index (χ3v) is 2.60. The van der Waals surface area contributed by atoms with E-state index in [1.807, 2.05) is 6.92 Å². The lowest BCUT2D eigenvalue weighted by atomic mass is 10.3. The molecule has 0 aromatic carbocycles. The van der Waals surface area contributed by atoms with Crippen molar-refractivity contribution in [1.82, 2.24) is 21.3 Å². The molecule has 9 heteroatoms. The average Bonchev–Trinajstić information content (AvgIpc) is 2.48. The molecule has 0 rings (SSSR count). The van der Waals surface area contributed by atoms with Gasteiger partial charge in [-0.3, -0.25) is 19.2 Å². The largest absolute Gasteiger partial charge is 0.394 e. The van der Waals surface area contributed by atoms with Crippen LogP contribution >= 0.6 is 0 Å². The number of nitrogens with one attached hydrogen (secondary N) is 4. The molecule has 1 unspecified atom stereocenters. The second-order valence-electron chi connectivity index (χ2n) is 4.63. The molecule has 1 atom stereocenters. The fourth-order valence-corrected chi connectivity index (χ4v) is 1.44. The Morgan fingerprint density at radius 1 is 1.00 bits per heavy atom. The van der Waals surface area contributed by atoms with Crippen LogP contribution in [-0.2, 0) is 19.2 Å². The molecule has 4 amide bonds. The molecule has 0 aliphatic rings. The quantitative estimate of drug-likeness (QED) is 0.287. The third-order valence-electron chi connectivity index (χ3n) is 2.60. The second kappa shape index (κ2) is 11.5. The van der Waals surface area contributed by atoms with Gasteiger partial charge in [-0.05, 0) is 6.42 Å². The molecule has 0 aromatic heterocycles. The van der Waals surface area contributed by atoms with Crippen molar-refractivity contribution in [3.05, 3.63) is 0 Å². The summed E-state index contributed by atoms with van der Waals surface area (Å²) in [5.74, 6) is -2.00. The molecule has 0 heterocycles. The van der Waals surface area contributed by atoms with Crippen molar-refractivity contribution in [2.45, 2.75) is 32.7 Å². The summed E-state index contributed by atoms with van der Waals surface area (Å²) in [5, 5.41) is 18.4. The summed E-state index contributed by atoms with van der Waals surface area (Å²) in [7, 11) is 0. The molecule has 0 spiro atoms. The first-order valence-corrected chi connectivity index (χ1v) is 7.09. The summed E-state index contributed by atoms with van der Waals surface area (Å²) in [5.41, 5.74) is 0.